The summed E-state index contributed by atoms with van der Waals surface area (Å²) in [6, 6.07) is 14.0. The molecule has 1 heterocycles. The molecule has 33 heavy (non-hydrogen) atoms. The first-order valence-corrected chi connectivity index (χ1v) is 13.0. The summed E-state index contributed by atoms with van der Waals surface area (Å²) < 4.78 is 0. The molecule has 0 radical (unpaired) electrons. The first kappa shape index (κ1) is 25.6. The van der Waals surface area contributed by atoms with E-state index in [1.54, 1.807) is 11.8 Å². The quantitative estimate of drug-likeness (QED) is 0.373. The van der Waals surface area contributed by atoms with Gasteiger partial charge in [0.2, 0.25) is 5.91 Å². The van der Waals surface area contributed by atoms with Crippen molar-refractivity contribution in [1.82, 2.24) is 4.90 Å². The van der Waals surface area contributed by atoms with Crippen LogP contribution in [0.3, 0.4) is 0 Å². The number of benzene rings is 2. The first-order chi connectivity index (χ1) is 15.8. The number of nitrogens with zero attached hydrogens (tertiary/aromatic N) is 1. The smallest absolute Gasteiger partial charge is 0.303 e. The lowest BCUT2D eigenvalue weighted by Crippen LogP contribution is -2.35. The van der Waals surface area contributed by atoms with E-state index >= 15 is 0 Å². The zero-order valence-electron chi connectivity index (χ0n) is 19.0. The van der Waals surface area contributed by atoms with E-state index in [0.717, 1.165) is 46.6 Å². The first-order valence-electron chi connectivity index (χ1n) is 11.5. The number of halogens is 1. The van der Waals surface area contributed by atoms with Gasteiger partial charge in [-0.2, -0.15) is 11.8 Å². The maximum absolute atomic E-state index is 12.3. The van der Waals surface area contributed by atoms with E-state index in [2.05, 4.69) is 0 Å². The Bertz CT molecular complexity index is 967. The Morgan fingerprint density at radius 2 is 2.06 bits per heavy atom. The van der Waals surface area contributed by atoms with Crippen molar-refractivity contribution >= 4 is 35.2 Å². The minimum Gasteiger partial charge on any atom is -0.481 e. The van der Waals surface area contributed by atoms with Gasteiger partial charge in [-0.3, -0.25) is 9.59 Å². The Morgan fingerprint density at radius 1 is 1.24 bits per heavy atom. The molecule has 7 heteroatoms. The van der Waals surface area contributed by atoms with Crippen LogP contribution in [-0.2, 0) is 9.59 Å². The van der Waals surface area contributed by atoms with Crippen LogP contribution in [0.4, 0.5) is 0 Å². The van der Waals surface area contributed by atoms with Crippen LogP contribution in [0, 0.1) is 6.92 Å². The highest BCUT2D eigenvalue weighted by atomic mass is 35.5. The maximum Gasteiger partial charge on any atom is 0.303 e. The molecule has 2 N–H and O–H groups in total. The third-order valence-electron chi connectivity index (χ3n) is 6.15. The fraction of sp³-hybridized carbons (Fsp3) is 0.462. The second-order valence-electron chi connectivity index (χ2n) is 8.57. The van der Waals surface area contributed by atoms with Gasteiger partial charge in [0.15, 0.2) is 0 Å². The van der Waals surface area contributed by atoms with Crippen molar-refractivity contribution in [3.63, 3.8) is 0 Å². The standard InChI is InChI=1S/C26H32ClNO4S/c1-18-16-21(27)7-10-23(18)19-4-2-5-20(17-19)24(29)11-8-22-9-12-25(30)28(22)13-15-33-14-3-6-26(31)32/h2,4-5,7,10,16-17,22,24,29H,3,6,8-9,11-15H2,1H3,(H,31,32). The molecule has 0 aliphatic carbocycles. The molecule has 0 saturated carbocycles. The van der Waals surface area contributed by atoms with Gasteiger partial charge in [0, 0.05) is 36.2 Å². The third-order valence-corrected chi connectivity index (χ3v) is 7.44. The number of carboxylic acids is 1. The van der Waals surface area contributed by atoms with Gasteiger partial charge < -0.3 is 15.1 Å². The van der Waals surface area contributed by atoms with Crippen LogP contribution in [0.5, 0.6) is 0 Å². The Morgan fingerprint density at radius 3 is 2.82 bits per heavy atom. The van der Waals surface area contributed by atoms with Crippen LogP contribution < -0.4 is 0 Å². The summed E-state index contributed by atoms with van der Waals surface area (Å²) in [6.07, 6.45) is 3.02. The number of carboxylic acid groups (broad SMARTS) is 1. The van der Waals surface area contributed by atoms with Gasteiger partial charge in [-0.25, -0.2) is 0 Å². The Kier molecular flexibility index (Phi) is 9.65. The lowest BCUT2D eigenvalue weighted by atomic mass is 9.95. The molecule has 178 valence electrons. The summed E-state index contributed by atoms with van der Waals surface area (Å²) in [7, 11) is 0. The molecule has 0 aromatic heterocycles. The zero-order chi connectivity index (χ0) is 23.8. The number of aliphatic hydroxyl groups excluding tert-OH is 1. The average Bonchev–Trinajstić information content (AvgIpc) is 3.13. The van der Waals surface area contributed by atoms with Gasteiger partial charge in [-0.1, -0.05) is 35.9 Å². The molecule has 1 amide bonds. The largest absolute Gasteiger partial charge is 0.481 e. The number of carbonyl (C=O) groups is 2. The van der Waals surface area contributed by atoms with Crippen molar-refractivity contribution in [2.75, 3.05) is 18.1 Å². The van der Waals surface area contributed by atoms with Gasteiger partial charge >= 0.3 is 5.97 Å². The van der Waals surface area contributed by atoms with Crippen molar-refractivity contribution in [2.45, 2.75) is 57.6 Å². The van der Waals surface area contributed by atoms with E-state index < -0.39 is 12.1 Å². The number of amides is 1. The van der Waals surface area contributed by atoms with E-state index in [4.69, 9.17) is 16.7 Å². The Balaban J connectivity index is 1.52. The molecule has 2 unspecified atom stereocenters. The molecular weight excluding hydrogens is 458 g/mol. The lowest BCUT2D eigenvalue weighted by Gasteiger charge is -2.25. The number of hydrogen-bond donors (Lipinski definition) is 2. The molecule has 0 spiro atoms. The van der Waals surface area contributed by atoms with Crippen molar-refractivity contribution in [3.05, 3.63) is 58.6 Å². The highest BCUT2D eigenvalue weighted by Gasteiger charge is 2.30. The number of aliphatic carboxylic acids is 1. The van der Waals surface area contributed by atoms with Crippen molar-refractivity contribution in [3.8, 4) is 11.1 Å². The van der Waals surface area contributed by atoms with E-state index in [9.17, 15) is 14.7 Å². The summed E-state index contributed by atoms with van der Waals surface area (Å²) in [4.78, 5) is 24.9. The van der Waals surface area contributed by atoms with E-state index in [1.165, 1.54) is 0 Å². The number of thioether (sulfide) groups is 1. The summed E-state index contributed by atoms with van der Waals surface area (Å²) in [6.45, 7) is 2.71. The van der Waals surface area contributed by atoms with Crippen LogP contribution in [0.1, 0.15) is 55.8 Å². The molecule has 2 aromatic rings. The minimum absolute atomic E-state index is 0.161. The summed E-state index contributed by atoms with van der Waals surface area (Å²) >= 11 is 7.78. The highest BCUT2D eigenvalue weighted by molar-refractivity contribution is 7.99. The number of likely N-dealkylation sites (tertiary alicyclic amines) is 1. The van der Waals surface area contributed by atoms with Crippen LogP contribution in [0.2, 0.25) is 5.02 Å². The third kappa shape index (κ3) is 7.49. The van der Waals surface area contributed by atoms with Crippen LogP contribution in [-0.4, -0.2) is 51.1 Å². The summed E-state index contributed by atoms with van der Waals surface area (Å²) in [5, 5.41) is 20.3. The summed E-state index contributed by atoms with van der Waals surface area (Å²) in [5.74, 6) is 1.02. The van der Waals surface area contributed by atoms with Crippen LogP contribution in [0.15, 0.2) is 42.5 Å². The maximum atomic E-state index is 12.3. The monoisotopic (exact) mass is 489 g/mol. The summed E-state index contributed by atoms with van der Waals surface area (Å²) in [5.41, 5.74) is 4.13. The molecule has 3 rings (SSSR count). The van der Waals surface area contributed by atoms with Gasteiger partial charge in [0.05, 0.1) is 6.10 Å². The molecule has 0 bridgehead atoms. The van der Waals surface area contributed by atoms with Gasteiger partial charge in [-0.05, 0) is 78.8 Å². The van der Waals surface area contributed by atoms with Crippen LogP contribution in [0.25, 0.3) is 11.1 Å². The molecule has 1 aliphatic heterocycles. The topological polar surface area (TPSA) is 77.8 Å². The number of carbonyl (C=O) groups excluding carboxylic acids is 1. The van der Waals surface area contributed by atoms with Gasteiger partial charge in [0.25, 0.3) is 0 Å². The number of hydrogen-bond acceptors (Lipinski definition) is 4. The fourth-order valence-corrected chi connectivity index (χ4v) is 5.48. The molecular formula is C26H32ClNO4S. The number of aliphatic hydroxyl groups is 1. The Hall–Kier alpha value is -2.02. The zero-order valence-corrected chi connectivity index (χ0v) is 20.6. The number of aryl methyl sites for hydroxylation is 1. The number of rotatable bonds is 12. The SMILES string of the molecule is Cc1cc(Cl)ccc1-c1cccc(C(O)CCC2CCC(=O)N2CCSCCCC(=O)O)c1. The predicted molar refractivity (Wildman–Crippen MR) is 135 cm³/mol. The van der Waals surface area contributed by atoms with Crippen molar-refractivity contribution < 1.29 is 19.8 Å². The van der Waals surface area contributed by atoms with Gasteiger partial charge in [0.1, 0.15) is 0 Å². The van der Waals surface area contributed by atoms with E-state index in [0.29, 0.717) is 30.8 Å². The van der Waals surface area contributed by atoms with Crippen molar-refractivity contribution in [1.29, 1.82) is 0 Å². The Labute approximate surface area is 205 Å². The van der Waals surface area contributed by atoms with Gasteiger partial charge in [-0.15, -0.1) is 0 Å². The molecule has 1 saturated heterocycles. The minimum atomic E-state index is -0.766. The van der Waals surface area contributed by atoms with E-state index in [1.807, 2.05) is 54.3 Å². The van der Waals surface area contributed by atoms with E-state index in [-0.39, 0.29) is 18.4 Å². The molecule has 1 aliphatic rings. The highest BCUT2D eigenvalue weighted by Crippen LogP contribution is 2.31. The second-order valence-corrected chi connectivity index (χ2v) is 10.2. The van der Waals surface area contributed by atoms with Crippen molar-refractivity contribution in [2.24, 2.45) is 0 Å². The fourth-order valence-electron chi connectivity index (χ4n) is 4.37. The average molecular weight is 490 g/mol. The lowest BCUT2D eigenvalue weighted by molar-refractivity contribution is -0.137. The molecule has 5 nitrogen and oxygen atoms in total. The molecule has 1 fully saturated rings. The normalized spacial score (nSPS) is 16.9. The molecule has 2 aromatic carbocycles. The predicted octanol–water partition coefficient (Wildman–Crippen LogP) is 5.72. The molecule has 2 atom stereocenters. The van der Waals surface area contributed by atoms with Crippen LogP contribution >= 0.6 is 23.4 Å². The second kappa shape index (κ2) is 12.4.